The van der Waals surface area contributed by atoms with Crippen LogP contribution in [0.3, 0.4) is 0 Å². The highest BCUT2D eigenvalue weighted by Crippen LogP contribution is 2.27. The van der Waals surface area contributed by atoms with Gasteiger partial charge in [0.25, 0.3) is 0 Å². The molecule has 0 amide bonds. The monoisotopic (exact) mass is 273 g/mol. The first-order chi connectivity index (χ1) is 7.11. The summed E-state index contributed by atoms with van der Waals surface area (Å²) < 4.78 is 3.17. The molecule has 0 saturated carbocycles. The van der Waals surface area contributed by atoms with E-state index in [1.165, 1.54) is 5.69 Å². The Morgan fingerprint density at radius 3 is 2.67 bits per heavy atom. The van der Waals surface area contributed by atoms with Crippen molar-refractivity contribution in [2.24, 2.45) is 0 Å². The standard InChI is InChI=1S/C11H20BrN3/c1-5-13-9(4)8(3)11-10(12)7-14-15(11)6-2/h7-9,13H,5-6H2,1-4H3. The van der Waals surface area contributed by atoms with Crippen LogP contribution in [0.5, 0.6) is 0 Å². The van der Waals surface area contributed by atoms with E-state index < -0.39 is 0 Å². The van der Waals surface area contributed by atoms with E-state index in [4.69, 9.17) is 0 Å². The highest BCUT2D eigenvalue weighted by molar-refractivity contribution is 9.10. The van der Waals surface area contributed by atoms with Gasteiger partial charge >= 0.3 is 0 Å². The average Bonchev–Trinajstić information content (AvgIpc) is 2.58. The van der Waals surface area contributed by atoms with Crippen LogP contribution in [0.15, 0.2) is 10.7 Å². The first-order valence-electron chi connectivity index (χ1n) is 5.56. The normalized spacial score (nSPS) is 15.3. The van der Waals surface area contributed by atoms with Gasteiger partial charge in [0.15, 0.2) is 0 Å². The molecule has 1 heterocycles. The number of aryl methyl sites for hydroxylation is 1. The third-order valence-corrected chi connectivity index (χ3v) is 3.45. The summed E-state index contributed by atoms with van der Waals surface area (Å²) >= 11 is 3.57. The Morgan fingerprint density at radius 2 is 2.13 bits per heavy atom. The van der Waals surface area contributed by atoms with Crippen LogP contribution in [0.25, 0.3) is 0 Å². The highest BCUT2D eigenvalue weighted by Gasteiger charge is 2.20. The van der Waals surface area contributed by atoms with Crippen LogP contribution in [0.4, 0.5) is 0 Å². The van der Waals surface area contributed by atoms with E-state index in [0.717, 1.165) is 17.6 Å². The smallest absolute Gasteiger partial charge is 0.0635 e. The van der Waals surface area contributed by atoms with Crippen LogP contribution in [0, 0.1) is 0 Å². The molecule has 2 unspecified atom stereocenters. The topological polar surface area (TPSA) is 29.9 Å². The van der Waals surface area contributed by atoms with E-state index in [-0.39, 0.29) is 0 Å². The van der Waals surface area contributed by atoms with Crippen LogP contribution in [-0.4, -0.2) is 22.4 Å². The first-order valence-corrected chi connectivity index (χ1v) is 6.35. The number of nitrogens with zero attached hydrogens (tertiary/aromatic N) is 2. The highest BCUT2D eigenvalue weighted by atomic mass is 79.9. The maximum Gasteiger partial charge on any atom is 0.0635 e. The van der Waals surface area contributed by atoms with E-state index in [1.54, 1.807) is 0 Å². The Hall–Kier alpha value is -0.350. The number of aromatic nitrogens is 2. The predicted molar refractivity (Wildman–Crippen MR) is 67.2 cm³/mol. The maximum atomic E-state index is 4.34. The molecule has 0 aliphatic rings. The summed E-state index contributed by atoms with van der Waals surface area (Å²) in [6.07, 6.45) is 1.88. The summed E-state index contributed by atoms with van der Waals surface area (Å²) in [5.41, 5.74) is 1.28. The average molecular weight is 274 g/mol. The van der Waals surface area contributed by atoms with Crippen LogP contribution >= 0.6 is 15.9 Å². The first kappa shape index (κ1) is 12.7. The zero-order valence-electron chi connectivity index (χ0n) is 9.92. The molecule has 0 aliphatic heterocycles. The van der Waals surface area contributed by atoms with Crippen molar-refractivity contribution in [1.29, 1.82) is 0 Å². The van der Waals surface area contributed by atoms with Crippen molar-refractivity contribution in [2.75, 3.05) is 6.54 Å². The maximum absolute atomic E-state index is 4.34. The van der Waals surface area contributed by atoms with E-state index >= 15 is 0 Å². The van der Waals surface area contributed by atoms with E-state index in [9.17, 15) is 0 Å². The molecule has 1 rings (SSSR count). The van der Waals surface area contributed by atoms with Crippen molar-refractivity contribution < 1.29 is 0 Å². The summed E-state index contributed by atoms with van der Waals surface area (Å²) in [4.78, 5) is 0. The Morgan fingerprint density at radius 1 is 1.47 bits per heavy atom. The molecule has 3 nitrogen and oxygen atoms in total. The molecule has 0 aromatic carbocycles. The molecule has 86 valence electrons. The van der Waals surface area contributed by atoms with Crippen molar-refractivity contribution in [3.8, 4) is 0 Å². The van der Waals surface area contributed by atoms with Gasteiger partial charge in [-0.1, -0.05) is 13.8 Å². The van der Waals surface area contributed by atoms with Crippen LogP contribution in [0.1, 0.15) is 39.3 Å². The van der Waals surface area contributed by atoms with Crippen LogP contribution in [0.2, 0.25) is 0 Å². The van der Waals surface area contributed by atoms with Crippen molar-refractivity contribution >= 4 is 15.9 Å². The predicted octanol–water partition coefficient (Wildman–Crippen LogP) is 2.77. The van der Waals surface area contributed by atoms with E-state index in [0.29, 0.717) is 12.0 Å². The minimum absolute atomic E-state index is 0.460. The van der Waals surface area contributed by atoms with Crippen molar-refractivity contribution in [3.63, 3.8) is 0 Å². The molecular weight excluding hydrogens is 254 g/mol. The third kappa shape index (κ3) is 2.82. The summed E-state index contributed by atoms with van der Waals surface area (Å²) in [6.45, 7) is 10.6. The largest absolute Gasteiger partial charge is 0.314 e. The number of likely N-dealkylation sites (N-methyl/N-ethyl adjacent to an activating group) is 1. The molecule has 15 heavy (non-hydrogen) atoms. The quantitative estimate of drug-likeness (QED) is 0.894. The molecular formula is C11H20BrN3. The molecule has 0 spiro atoms. The zero-order valence-corrected chi connectivity index (χ0v) is 11.5. The van der Waals surface area contributed by atoms with Gasteiger partial charge < -0.3 is 5.32 Å². The molecule has 1 N–H and O–H groups in total. The zero-order chi connectivity index (χ0) is 11.4. The number of hydrogen-bond donors (Lipinski definition) is 1. The van der Waals surface area contributed by atoms with Crippen LogP contribution in [-0.2, 0) is 6.54 Å². The summed E-state index contributed by atoms with van der Waals surface area (Å²) in [6, 6.07) is 0.466. The fourth-order valence-corrected chi connectivity index (χ4v) is 2.47. The number of nitrogens with one attached hydrogen (secondary N) is 1. The Bertz CT molecular complexity index is 309. The Kier molecular flexibility index (Phi) is 4.80. The van der Waals surface area contributed by atoms with Gasteiger partial charge in [-0.3, -0.25) is 4.68 Å². The lowest BCUT2D eigenvalue weighted by molar-refractivity contribution is 0.461. The van der Waals surface area contributed by atoms with Gasteiger partial charge in [-0.25, -0.2) is 0 Å². The second kappa shape index (κ2) is 5.66. The molecule has 0 bridgehead atoms. The Labute approximate surface area is 100 Å². The molecule has 0 saturated heterocycles. The van der Waals surface area contributed by atoms with Crippen molar-refractivity contribution in [3.05, 3.63) is 16.4 Å². The lowest BCUT2D eigenvalue weighted by Gasteiger charge is -2.22. The Balaban J connectivity index is 2.88. The van der Waals surface area contributed by atoms with Crippen LogP contribution < -0.4 is 5.32 Å². The molecule has 0 aliphatic carbocycles. The minimum atomic E-state index is 0.460. The van der Waals surface area contributed by atoms with E-state index in [1.807, 2.05) is 6.20 Å². The number of hydrogen-bond acceptors (Lipinski definition) is 2. The van der Waals surface area contributed by atoms with Gasteiger partial charge in [0.1, 0.15) is 0 Å². The summed E-state index contributed by atoms with van der Waals surface area (Å²) in [7, 11) is 0. The SMILES string of the molecule is CCNC(C)C(C)c1c(Br)cnn1CC. The fourth-order valence-electron chi connectivity index (χ4n) is 1.81. The second-order valence-electron chi connectivity index (χ2n) is 3.83. The molecule has 1 aromatic heterocycles. The molecule has 2 atom stereocenters. The van der Waals surface area contributed by atoms with Gasteiger partial charge in [-0.05, 0) is 36.3 Å². The van der Waals surface area contributed by atoms with Gasteiger partial charge in [0, 0.05) is 18.5 Å². The van der Waals surface area contributed by atoms with Crippen molar-refractivity contribution in [2.45, 2.75) is 46.2 Å². The molecule has 0 fully saturated rings. The molecule has 4 heteroatoms. The van der Waals surface area contributed by atoms with Gasteiger partial charge in [-0.15, -0.1) is 0 Å². The number of rotatable bonds is 5. The number of halogens is 1. The van der Waals surface area contributed by atoms with E-state index in [2.05, 4.69) is 58.7 Å². The second-order valence-corrected chi connectivity index (χ2v) is 4.68. The molecule has 1 aromatic rings. The summed E-state index contributed by atoms with van der Waals surface area (Å²) in [5, 5.41) is 7.79. The summed E-state index contributed by atoms with van der Waals surface area (Å²) in [5.74, 6) is 0.460. The lowest BCUT2D eigenvalue weighted by Crippen LogP contribution is -2.31. The van der Waals surface area contributed by atoms with Crippen molar-refractivity contribution in [1.82, 2.24) is 15.1 Å². The van der Waals surface area contributed by atoms with Gasteiger partial charge in [0.05, 0.1) is 16.4 Å². The third-order valence-electron chi connectivity index (χ3n) is 2.84. The van der Waals surface area contributed by atoms with Gasteiger partial charge in [0.2, 0.25) is 0 Å². The fraction of sp³-hybridized carbons (Fsp3) is 0.727. The van der Waals surface area contributed by atoms with Gasteiger partial charge in [-0.2, -0.15) is 5.10 Å². The molecule has 0 radical (unpaired) electrons. The minimum Gasteiger partial charge on any atom is -0.314 e. The lowest BCUT2D eigenvalue weighted by atomic mass is 9.99.